The Kier molecular flexibility index (Phi) is 3.93. The van der Waals surface area contributed by atoms with Gasteiger partial charge in [-0.15, -0.1) is 0 Å². The van der Waals surface area contributed by atoms with E-state index in [1.54, 1.807) is 6.08 Å². The zero-order valence-corrected chi connectivity index (χ0v) is 12.2. The van der Waals surface area contributed by atoms with Gasteiger partial charge in [-0.05, 0) is 42.4 Å². The summed E-state index contributed by atoms with van der Waals surface area (Å²) >= 11 is 6.46. The summed E-state index contributed by atoms with van der Waals surface area (Å²) in [5.74, 6) is 0.110. The van der Waals surface area contributed by atoms with E-state index in [4.69, 9.17) is 11.6 Å². The second-order valence-electron chi connectivity index (χ2n) is 5.36. The molecule has 0 atom stereocenters. The Bertz CT molecular complexity index is 582. The van der Waals surface area contributed by atoms with E-state index in [-0.39, 0.29) is 5.91 Å². The third kappa shape index (κ3) is 2.66. The highest BCUT2D eigenvalue weighted by Crippen LogP contribution is 2.34. The van der Waals surface area contributed by atoms with Crippen LogP contribution in [-0.2, 0) is 11.2 Å². The molecule has 1 amide bonds. The largest absolute Gasteiger partial charge is 0.339 e. The first-order valence-electron chi connectivity index (χ1n) is 7.19. The summed E-state index contributed by atoms with van der Waals surface area (Å²) in [6, 6.07) is 8.21. The monoisotopic (exact) mass is 287 g/mol. The number of carbonyl (C=O) groups excluding carboxylic acids is 1. The fourth-order valence-corrected chi connectivity index (χ4v) is 3.22. The van der Waals surface area contributed by atoms with Crippen molar-refractivity contribution in [2.75, 3.05) is 13.1 Å². The Morgan fingerprint density at radius 3 is 2.70 bits per heavy atom. The Balaban J connectivity index is 1.79. The minimum Gasteiger partial charge on any atom is -0.339 e. The van der Waals surface area contributed by atoms with Gasteiger partial charge in [0.2, 0.25) is 5.91 Å². The van der Waals surface area contributed by atoms with Gasteiger partial charge < -0.3 is 4.90 Å². The van der Waals surface area contributed by atoms with Gasteiger partial charge in [-0.25, -0.2) is 0 Å². The molecule has 2 aliphatic rings. The van der Waals surface area contributed by atoms with Crippen molar-refractivity contribution >= 4 is 22.5 Å². The van der Waals surface area contributed by atoms with Crippen LogP contribution in [0.25, 0.3) is 5.03 Å². The molecule has 1 heterocycles. The number of hydrogen-bond donors (Lipinski definition) is 0. The third-order valence-corrected chi connectivity index (χ3v) is 4.49. The number of fused-ring (bicyclic) bond motifs is 1. The maximum absolute atomic E-state index is 12.0. The normalized spacial score (nSPS) is 18.8. The maximum Gasteiger partial charge on any atom is 0.246 e. The van der Waals surface area contributed by atoms with Gasteiger partial charge in [0.15, 0.2) is 0 Å². The lowest BCUT2D eigenvalue weighted by molar-refractivity contribution is -0.124. The topological polar surface area (TPSA) is 20.3 Å². The second kappa shape index (κ2) is 5.84. The number of allylic oxidation sites excluding steroid dienone is 2. The molecule has 3 heteroatoms. The van der Waals surface area contributed by atoms with Gasteiger partial charge in [-0.3, -0.25) is 4.79 Å². The Hall–Kier alpha value is -1.54. The van der Waals surface area contributed by atoms with Crippen LogP contribution < -0.4 is 0 Å². The number of hydrogen-bond acceptors (Lipinski definition) is 1. The van der Waals surface area contributed by atoms with E-state index in [0.29, 0.717) is 0 Å². The Morgan fingerprint density at radius 2 is 1.90 bits per heavy atom. The number of nitrogens with zero attached hydrogens (tertiary/aromatic N) is 1. The molecule has 0 spiro atoms. The van der Waals surface area contributed by atoms with E-state index in [2.05, 4.69) is 6.07 Å². The average Bonchev–Trinajstić information content (AvgIpc) is 3.01. The predicted octanol–water partition coefficient (Wildman–Crippen LogP) is 3.76. The number of carbonyl (C=O) groups is 1. The molecule has 20 heavy (non-hydrogen) atoms. The summed E-state index contributed by atoms with van der Waals surface area (Å²) in [5.41, 5.74) is 3.46. The fraction of sp³-hybridized carbons (Fsp3) is 0.353. The van der Waals surface area contributed by atoms with Gasteiger partial charge in [0, 0.05) is 19.2 Å². The van der Waals surface area contributed by atoms with Crippen LogP contribution >= 0.6 is 11.6 Å². The van der Waals surface area contributed by atoms with Crippen LogP contribution in [0, 0.1) is 0 Å². The van der Waals surface area contributed by atoms with Crippen LogP contribution in [0.2, 0.25) is 0 Å². The van der Waals surface area contributed by atoms with Crippen molar-refractivity contribution in [3.05, 3.63) is 53.1 Å². The zero-order valence-electron chi connectivity index (χ0n) is 11.4. The van der Waals surface area contributed by atoms with Crippen LogP contribution in [-0.4, -0.2) is 23.9 Å². The first-order valence-corrected chi connectivity index (χ1v) is 7.57. The number of aryl methyl sites for hydroxylation is 1. The molecule has 104 valence electrons. The number of rotatable bonds is 2. The van der Waals surface area contributed by atoms with Gasteiger partial charge in [0.25, 0.3) is 0 Å². The molecule has 0 saturated carbocycles. The van der Waals surface area contributed by atoms with Crippen molar-refractivity contribution in [2.24, 2.45) is 0 Å². The summed E-state index contributed by atoms with van der Waals surface area (Å²) in [7, 11) is 0. The van der Waals surface area contributed by atoms with Crippen LogP contribution in [0.5, 0.6) is 0 Å². The van der Waals surface area contributed by atoms with Crippen LogP contribution in [0.15, 0.2) is 42.0 Å². The second-order valence-corrected chi connectivity index (χ2v) is 5.74. The zero-order chi connectivity index (χ0) is 13.9. The number of likely N-dealkylation sites (tertiary alicyclic amines) is 1. The first-order chi connectivity index (χ1) is 9.75. The van der Waals surface area contributed by atoms with Gasteiger partial charge in [-0.1, -0.05) is 41.9 Å². The SMILES string of the molecule is O=C(C=CC1=C(Cl)c2ccccc2CC1)N1CCCC1. The summed E-state index contributed by atoms with van der Waals surface area (Å²) < 4.78 is 0. The third-order valence-electron chi connectivity index (χ3n) is 4.04. The van der Waals surface area contributed by atoms with E-state index in [9.17, 15) is 4.79 Å². The smallest absolute Gasteiger partial charge is 0.246 e. The number of benzene rings is 1. The molecule has 0 aromatic heterocycles. The molecule has 2 nitrogen and oxygen atoms in total. The van der Waals surface area contributed by atoms with E-state index in [1.165, 1.54) is 5.56 Å². The van der Waals surface area contributed by atoms with E-state index in [1.807, 2.05) is 29.2 Å². The maximum atomic E-state index is 12.0. The molecule has 1 aromatic carbocycles. The lowest BCUT2D eigenvalue weighted by atomic mass is 9.92. The predicted molar refractivity (Wildman–Crippen MR) is 82.5 cm³/mol. The van der Waals surface area contributed by atoms with E-state index >= 15 is 0 Å². The summed E-state index contributed by atoms with van der Waals surface area (Å²) in [4.78, 5) is 13.9. The van der Waals surface area contributed by atoms with Gasteiger partial charge in [0.1, 0.15) is 0 Å². The molecule has 1 aromatic rings. The van der Waals surface area contributed by atoms with Crippen molar-refractivity contribution in [1.29, 1.82) is 0 Å². The van der Waals surface area contributed by atoms with Gasteiger partial charge in [-0.2, -0.15) is 0 Å². The Labute approximate surface area is 124 Å². The van der Waals surface area contributed by atoms with Crippen molar-refractivity contribution in [3.8, 4) is 0 Å². The van der Waals surface area contributed by atoms with Crippen LogP contribution in [0.4, 0.5) is 0 Å². The number of halogens is 1. The molecule has 1 saturated heterocycles. The molecule has 1 aliphatic carbocycles. The lowest BCUT2D eigenvalue weighted by Crippen LogP contribution is -2.25. The van der Waals surface area contributed by atoms with Crippen LogP contribution in [0.3, 0.4) is 0 Å². The van der Waals surface area contributed by atoms with Crippen LogP contribution in [0.1, 0.15) is 30.4 Å². The highest BCUT2D eigenvalue weighted by molar-refractivity contribution is 6.49. The highest BCUT2D eigenvalue weighted by atomic mass is 35.5. The molecular weight excluding hydrogens is 270 g/mol. The van der Waals surface area contributed by atoms with Gasteiger partial charge in [0.05, 0.1) is 5.03 Å². The standard InChI is InChI=1S/C17H18ClNO/c18-17-14(8-7-13-5-1-2-6-15(13)17)9-10-16(20)19-11-3-4-12-19/h1-2,5-6,9-10H,3-4,7-8,11-12H2. The molecule has 3 rings (SSSR count). The Morgan fingerprint density at radius 1 is 1.15 bits per heavy atom. The van der Waals surface area contributed by atoms with Crippen molar-refractivity contribution in [3.63, 3.8) is 0 Å². The molecule has 0 radical (unpaired) electrons. The molecule has 1 fully saturated rings. The van der Waals surface area contributed by atoms with Crippen molar-refractivity contribution in [2.45, 2.75) is 25.7 Å². The summed E-state index contributed by atoms with van der Waals surface area (Å²) in [6.45, 7) is 1.78. The average molecular weight is 288 g/mol. The quantitative estimate of drug-likeness (QED) is 0.759. The van der Waals surface area contributed by atoms with Crippen molar-refractivity contribution in [1.82, 2.24) is 4.90 Å². The summed E-state index contributed by atoms with van der Waals surface area (Å²) in [6.07, 6.45) is 7.71. The molecule has 0 unspecified atom stereocenters. The number of amides is 1. The van der Waals surface area contributed by atoms with Crippen molar-refractivity contribution < 1.29 is 4.79 Å². The molecular formula is C17H18ClNO. The first kappa shape index (κ1) is 13.4. The van der Waals surface area contributed by atoms with E-state index < -0.39 is 0 Å². The van der Waals surface area contributed by atoms with E-state index in [0.717, 1.165) is 54.9 Å². The highest BCUT2D eigenvalue weighted by Gasteiger charge is 2.17. The fourth-order valence-electron chi connectivity index (χ4n) is 2.88. The molecule has 0 bridgehead atoms. The van der Waals surface area contributed by atoms with Gasteiger partial charge >= 0.3 is 0 Å². The summed E-state index contributed by atoms with van der Waals surface area (Å²) in [5, 5.41) is 0.789. The molecule has 0 N–H and O–H groups in total. The minimum absolute atomic E-state index is 0.110. The lowest BCUT2D eigenvalue weighted by Gasteiger charge is -2.18. The minimum atomic E-state index is 0.110. The molecule has 1 aliphatic heterocycles.